The fourth-order valence-electron chi connectivity index (χ4n) is 4.97. The fourth-order valence-corrected chi connectivity index (χ4v) is 5.09. The second-order valence-corrected chi connectivity index (χ2v) is 9.52. The number of carbonyl (C=O) groups excluding carboxylic acids is 2. The second-order valence-electron chi connectivity index (χ2n) is 9.08. The molecule has 4 aromatic rings. The molecule has 0 spiro atoms. The Morgan fingerprint density at radius 2 is 1.46 bits per heavy atom. The van der Waals surface area contributed by atoms with Gasteiger partial charge in [0.2, 0.25) is 0 Å². The van der Waals surface area contributed by atoms with Gasteiger partial charge in [-0.15, -0.1) is 0 Å². The molecular weight excluding hydrogens is 484 g/mol. The van der Waals surface area contributed by atoms with Gasteiger partial charge in [0.05, 0.1) is 13.2 Å². The van der Waals surface area contributed by atoms with Gasteiger partial charge in [0.15, 0.2) is 0 Å². The van der Waals surface area contributed by atoms with Crippen LogP contribution in [0, 0.1) is 0 Å². The van der Waals surface area contributed by atoms with Crippen LogP contribution in [-0.4, -0.2) is 25.0 Å². The summed E-state index contributed by atoms with van der Waals surface area (Å²) in [5.41, 5.74) is 3.66. The summed E-state index contributed by atoms with van der Waals surface area (Å²) in [7, 11) is 1.60. The fraction of sp³-hybridized carbons (Fsp3) is 0.161. The third-order valence-corrected chi connectivity index (χ3v) is 7.02. The van der Waals surface area contributed by atoms with Crippen LogP contribution in [0.25, 0.3) is 0 Å². The van der Waals surface area contributed by atoms with Crippen molar-refractivity contribution in [2.24, 2.45) is 0 Å². The van der Waals surface area contributed by atoms with Crippen molar-refractivity contribution < 1.29 is 14.3 Å². The topological polar surface area (TPSA) is 49.9 Å². The summed E-state index contributed by atoms with van der Waals surface area (Å²) in [5.74, 6) is 0.483. The van der Waals surface area contributed by atoms with Crippen LogP contribution in [0.1, 0.15) is 45.7 Å². The molecule has 0 saturated heterocycles. The number of nitrogens with zero attached hydrogens (tertiary/aromatic N) is 2. The highest BCUT2D eigenvalue weighted by atomic mass is 35.5. The van der Waals surface area contributed by atoms with Gasteiger partial charge in [0.25, 0.3) is 11.8 Å². The zero-order chi connectivity index (χ0) is 25.9. The molecular formula is C31H27ClN2O3. The van der Waals surface area contributed by atoms with E-state index in [1.807, 2.05) is 71.3 Å². The number of hydrogen-bond donors (Lipinski definition) is 0. The zero-order valence-electron chi connectivity index (χ0n) is 20.7. The van der Waals surface area contributed by atoms with Crippen LogP contribution in [0.5, 0.6) is 5.75 Å². The van der Waals surface area contributed by atoms with Gasteiger partial charge in [0.1, 0.15) is 5.75 Å². The number of rotatable bonds is 5. The van der Waals surface area contributed by atoms with E-state index < -0.39 is 0 Å². The maximum absolute atomic E-state index is 14.0. The Kier molecular flexibility index (Phi) is 6.97. The van der Waals surface area contributed by atoms with Crippen LogP contribution in [0.15, 0.2) is 103 Å². The molecule has 37 heavy (non-hydrogen) atoms. The lowest BCUT2D eigenvalue weighted by molar-refractivity contribution is 0.0965. The number of amides is 2. The number of hydrogen-bond acceptors (Lipinski definition) is 3. The molecule has 1 aliphatic heterocycles. The lowest BCUT2D eigenvalue weighted by atomic mass is 9.89. The molecule has 0 aliphatic carbocycles. The Morgan fingerprint density at radius 3 is 2.14 bits per heavy atom. The van der Waals surface area contributed by atoms with Gasteiger partial charge in [-0.2, -0.15) is 0 Å². The molecule has 0 aromatic heterocycles. The number of anilines is 2. The van der Waals surface area contributed by atoms with Crippen molar-refractivity contribution in [2.75, 3.05) is 16.9 Å². The molecule has 2 amide bonds. The number of halogens is 1. The highest BCUT2D eigenvalue weighted by molar-refractivity contribution is 6.30. The Balaban J connectivity index is 1.58. The van der Waals surface area contributed by atoms with Gasteiger partial charge >= 0.3 is 0 Å². The Labute approximate surface area is 221 Å². The number of fused-ring (bicyclic) bond motifs is 1. The van der Waals surface area contributed by atoms with Crippen LogP contribution in [-0.2, 0) is 0 Å². The van der Waals surface area contributed by atoms with E-state index in [0.29, 0.717) is 28.3 Å². The SMILES string of the molecule is COc1ccc(C(=O)N(c2ccccc2)[C@H]2C[C@H](C)N(C(=O)c3ccc(Cl)cc3)c3ccccc32)cc1. The predicted molar refractivity (Wildman–Crippen MR) is 148 cm³/mol. The molecule has 4 aromatic carbocycles. The molecule has 2 atom stereocenters. The van der Waals surface area contributed by atoms with Gasteiger partial charge < -0.3 is 14.5 Å². The first-order valence-electron chi connectivity index (χ1n) is 12.2. The monoisotopic (exact) mass is 510 g/mol. The van der Waals surface area contributed by atoms with Crippen molar-refractivity contribution in [3.63, 3.8) is 0 Å². The first-order chi connectivity index (χ1) is 18.0. The van der Waals surface area contributed by atoms with Gasteiger partial charge in [-0.25, -0.2) is 0 Å². The summed E-state index contributed by atoms with van der Waals surface area (Å²) in [4.78, 5) is 31.3. The quantitative estimate of drug-likeness (QED) is 0.286. The minimum absolute atomic E-state index is 0.0946. The van der Waals surface area contributed by atoms with E-state index in [4.69, 9.17) is 16.3 Å². The van der Waals surface area contributed by atoms with Gasteiger partial charge in [-0.05, 0) is 85.6 Å². The standard InChI is InChI=1S/C31H27ClN2O3/c1-21-20-29(27-10-6-7-11-28(27)33(21)30(35)22-12-16-24(32)17-13-22)34(25-8-4-3-5-9-25)31(36)23-14-18-26(37-2)19-15-23/h3-19,21,29H,20H2,1-2H3/t21-,29-/m0/s1. The third-order valence-electron chi connectivity index (χ3n) is 6.77. The lowest BCUT2D eigenvalue weighted by Crippen LogP contribution is -2.47. The van der Waals surface area contributed by atoms with Crippen molar-refractivity contribution in [1.82, 2.24) is 0 Å². The van der Waals surface area contributed by atoms with E-state index in [1.165, 1.54) is 0 Å². The van der Waals surface area contributed by atoms with Crippen LogP contribution in [0.3, 0.4) is 0 Å². The van der Waals surface area contributed by atoms with Crippen molar-refractivity contribution in [3.8, 4) is 5.75 Å². The number of benzene rings is 4. The Morgan fingerprint density at radius 1 is 0.838 bits per heavy atom. The predicted octanol–water partition coefficient (Wildman–Crippen LogP) is 7.18. The van der Waals surface area contributed by atoms with Crippen molar-refractivity contribution >= 4 is 34.8 Å². The number of carbonyl (C=O) groups is 2. The average molecular weight is 511 g/mol. The molecule has 6 heteroatoms. The van der Waals surface area contributed by atoms with Crippen molar-refractivity contribution in [3.05, 3.63) is 125 Å². The van der Waals surface area contributed by atoms with E-state index in [-0.39, 0.29) is 23.9 Å². The van der Waals surface area contributed by atoms with Crippen molar-refractivity contribution in [1.29, 1.82) is 0 Å². The molecule has 1 heterocycles. The van der Waals surface area contributed by atoms with E-state index in [1.54, 1.807) is 55.6 Å². The highest BCUT2D eigenvalue weighted by Gasteiger charge is 2.39. The average Bonchev–Trinajstić information content (AvgIpc) is 2.94. The number of ether oxygens (including phenoxy) is 1. The minimum atomic E-state index is -0.266. The molecule has 0 bridgehead atoms. The molecule has 0 fully saturated rings. The summed E-state index contributed by atoms with van der Waals surface area (Å²) in [5, 5.41) is 0.583. The van der Waals surface area contributed by atoms with Crippen LogP contribution in [0.4, 0.5) is 11.4 Å². The maximum Gasteiger partial charge on any atom is 0.258 e. The molecule has 1 aliphatic rings. The first-order valence-corrected chi connectivity index (χ1v) is 12.6. The Bertz CT molecular complexity index is 1400. The first kappa shape index (κ1) is 24.6. The second kappa shape index (κ2) is 10.5. The molecule has 0 radical (unpaired) electrons. The summed E-state index contributed by atoms with van der Waals surface area (Å²) < 4.78 is 5.28. The largest absolute Gasteiger partial charge is 0.497 e. The van der Waals surface area contributed by atoms with E-state index in [2.05, 4.69) is 0 Å². The lowest BCUT2D eigenvalue weighted by Gasteiger charge is -2.43. The molecule has 0 saturated carbocycles. The summed E-state index contributed by atoms with van der Waals surface area (Å²) in [6.07, 6.45) is 0.577. The maximum atomic E-state index is 14.0. The summed E-state index contributed by atoms with van der Waals surface area (Å²) in [6, 6.07) is 31.2. The van der Waals surface area contributed by atoms with E-state index >= 15 is 0 Å². The van der Waals surface area contributed by atoms with E-state index in [9.17, 15) is 9.59 Å². The Hall–Kier alpha value is -4.09. The summed E-state index contributed by atoms with van der Waals surface area (Å²) in [6.45, 7) is 2.03. The molecule has 0 N–H and O–H groups in total. The van der Waals surface area contributed by atoms with E-state index in [0.717, 1.165) is 16.9 Å². The highest BCUT2D eigenvalue weighted by Crippen LogP contribution is 2.43. The van der Waals surface area contributed by atoms with Gasteiger partial charge in [-0.3, -0.25) is 9.59 Å². The molecule has 5 nitrogen and oxygen atoms in total. The molecule has 0 unspecified atom stereocenters. The number of para-hydroxylation sites is 2. The van der Waals surface area contributed by atoms with Crippen LogP contribution >= 0.6 is 11.6 Å². The van der Waals surface area contributed by atoms with Crippen molar-refractivity contribution in [2.45, 2.75) is 25.4 Å². The van der Waals surface area contributed by atoms with Gasteiger partial charge in [-0.1, -0.05) is 48.0 Å². The summed E-state index contributed by atoms with van der Waals surface area (Å²) >= 11 is 6.05. The van der Waals surface area contributed by atoms with Crippen LogP contribution < -0.4 is 14.5 Å². The number of methoxy groups -OCH3 is 1. The zero-order valence-corrected chi connectivity index (χ0v) is 21.4. The molecule has 186 valence electrons. The smallest absolute Gasteiger partial charge is 0.258 e. The third kappa shape index (κ3) is 4.83. The molecule has 5 rings (SSSR count). The van der Waals surface area contributed by atoms with Gasteiger partial charge in [0, 0.05) is 33.6 Å². The minimum Gasteiger partial charge on any atom is -0.497 e. The normalized spacial score (nSPS) is 16.6. The van der Waals surface area contributed by atoms with Crippen LogP contribution in [0.2, 0.25) is 5.02 Å².